The number of carbonyl (C=O) groups is 1. The van der Waals surface area contributed by atoms with Crippen LogP contribution in [0.2, 0.25) is 0 Å². The van der Waals surface area contributed by atoms with Crippen LogP contribution in [0.4, 0.5) is 0 Å². The largest absolute Gasteiger partial charge is 0.363 e. The fourth-order valence-electron chi connectivity index (χ4n) is 0.927. The van der Waals surface area contributed by atoms with E-state index < -0.39 is 5.91 Å². The van der Waals surface area contributed by atoms with E-state index in [2.05, 4.69) is 9.78 Å². The van der Waals surface area contributed by atoms with Gasteiger partial charge in [0.15, 0.2) is 0 Å². The van der Waals surface area contributed by atoms with Gasteiger partial charge in [-0.05, 0) is 11.6 Å². The molecule has 0 aliphatic heterocycles. The first-order valence-electron chi connectivity index (χ1n) is 4.01. The Labute approximate surface area is 81.9 Å². The van der Waals surface area contributed by atoms with Crippen LogP contribution in [0.15, 0.2) is 36.1 Å². The van der Waals surface area contributed by atoms with E-state index >= 15 is 0 Å². The summed E-state index contributed by atoms with van der Waals surface area (Å²) in [5.74, 6) is -0.700. The number of primary amides is 1. The van der Waals surface area contributed by atoms with E-state index in [0.717, 1.165) is 5.56 Å². The summed E-state index contributed by atoms with van der Waals surface area (Å²) in [7, 11) is 1.31. The highest BCUT2D eigenvalue weighted by Crippen LogP contribution is 2.07. The smallest absolute Gasteiger partial charge is 0.288 e. The molecule has 1 aromatic rings. The summed E-state index contributed by atoms with van der Waals surface area (Å²) < 4.78 is 0. The monoisotopic (exact) mass is 193 g/mol. The van der Waals surface area contributed by atoms with E-state index in [0.29, 0.717) is 0 Å². The molecule has 1 aromatic carbocycles. The molecule has 0 atom stereocenters. The number of nitrogens with two attached hydrogens (primary N) is 1. The van der Waals surface area contributed by atoms with Gasteiger partial charge in [-0.15, -0.1) is 0 Å². The highest BCUT2D eigenvalue weighted by atomic mass is 17.2. The number of benzene rings is 1. The van der Waals surface area contributed by atoms with Crippen molar-refractivity contribution in [3.63, 3.8) is 0 Å². The van der Waals surface area contributed by atoms with Gasteiger partial charge in [-0.1, -0.05) is 30.3 Å². The molecule has 2 N–H and O–H groups in total. The molecule has 14 heavy (non-hydrogen) atoms. The van der Waals surface area contributed by atoms with Crippen molar-refractivity contribution >= 4 is 12.0 Å². The van der Waals surface area contributed by atoms with Gasteiger partial charge in [-0.25, -0.2) is 0 Å². The van der Waals surface area contributed by atoms with Crippen LogP contribution in [0.3, 0.4) is 0 Å². The summed E-state index contributed by atoms with van der Waals surface area (Å²) in [4.78, 5) is 19.8. The number of carbonyl (C=O) groups excluding carboxylic acids is 1. The Kier molecular flexibility index (Phi) is 3.69. The molecule has 74 valence electrons. The predicted molar refractivity (Wildman–Crippen MR) is 51.7 cm³/mol. The van der Waals surface area contributed by atoms with Crippen molar-refractivity contribution in [3.8, 4) is 0 Å². The van der Waals surface area contributed by atoms with Crippen LogP contribution in [-0.2, 0) is 14.6 Å². The van der Waals surface area contributed by atoms with Crippen molar-refractivity contribution in [2.45, 2.75) is 0 Å². The van der Waals surface area contributed by atoms with Crippen molar-refractivity contribution < 1.29 is 14.6 Å². The topological polar surface area (TPSA) is 61.6 Å². The molecule has 0 fully saturated rings. The zero-order chi connectivity index (χ0) is 10.4. The third-order valence-corrected chi connectivity index (χ3v) is 1.51. The molecule has 0 radical (unpaired) electrons. The molecule has 4 nitrogen and oxygen atoms in total. The van der Waals surface area contributed by atoms with Gasteiger partial charge in [-0.2, -0.15) is 4.89 Å². The molecule has 1 amide bonds. The lowest BCUT2D eigenvalue weighted by atomic mass is 10.2. The Balaban J connectivity index is 2.88. The van der Waals surface area contributed by atoms with Crippen LogP contribution in [0.1, 0.15) is 5.56 Å². The van der Waals surface area contributed by atoms with E-state index in [-0.39, 0.29) is 5.76 Å². The molecule has 0 aliphatic rings. The Morgan fingerprint density at radius 2 is 2.00 bits per heavy atom. The van der Waals surface area contributed by atoms with Crippen LogP contribution in [0.5, 0.6) is 0 Å². The van der Waals surface area contributed by atoms with Crippen LogP contribution in [0.25, 0.3) is 6.08 Å². The molecule has 0 aliphatic carbocycles. The first-order chi connectivity index (χ1) is 6.74. The second-order valence-corrected chi connectivity index (χ2v) is 2.53. The minimum Gasteiger partial charge on any atom is -0.363 e. The summed E-state index contributed by atoms with van der Waals surface area (Å²) in [5.41, 5.74) is 5.88. The van der Waals surface area contributed by atoms with Gasteiger partial charge in [-0.3, -0.25) is 4.79 Å². The normalized spacial score (nSPS) is 11.1. The molecule has 0 heterocycles. The van der Waals surface area contributed by atoms with Crippen molar-refractivity contribution in [1.82, 2.24) is 0 Å². The number of hydrogen-bond acceptors (Lipinski definition) is 3. The molecule has 1 rings (SSSR count). The number of hydrogen-bond donors (Lipinski definition) is 1. The van der Waals surface area contributed by atoms with E-state index in [4.69, 9.17) is 5.73 Å². The maximum absolute atomic E-state index is 10.8. The SMILES string of the molecule is COOC(=Cc1ccccc1)C(N)=O. The average molecular weight is 193 g/mol. The van der Waals surface area contributed by atoms with Gasteiger partial charge in [0, 0.05) is 0 Å². The van der Waals surface area contributed by atoms with E-state index in [1.807, 2.05) is 30.3 Å². The summed E-state index contributed by atoms with van der Waals surface area (Å²) in [6.45, 7) is 0. The minimum absolute atomic E-state index is 0.0290. The summed E-state index contributed by atoms with van der Waals surface area (Å²) in [5, 5.41) is 0. The molecule has 0 saturated heterocycles. The van der Waals surface area contributed by atoms with E-state index in [9.17, 15) is 4.79 Å². The molecular formula is C10H11NO3. The van der Waals surface area contributed by atoms with E-state index in [1.165, 1.54) is 13.2 Å². The van der Waals surface area contributed by atoms with Gasteiger partial charge in [0.1, 0.15) is 0 Å². The second kappa shape index (κ2) is 5.04. The maximum Gasteiger partial charge on any atom is 0.288 e. The lowest BCUT2D eigenvalue weighted by molar-refractivity contribution is -0.235. The Hall–Kier alpha value is -1.81. The highest BCUT2D eigenvalue weighted by molar-refractivity contribution is 5.94. The van der Waals surface area contributed by atoms with Gasteiger partial charge < -0.3 is 10.6 Å². The first kappa shape index (κ1) is 10.3. The van der Waals surface area contributed by atoms with Crippen molar-refractivity contribution in [3.05, 3.63) is 41.7 Å². The number of rotatable bonds is 4. The van der Waals surface area contributed by atoms with Gasteiger partial charge in [0.25, 0.3) is 5.91 Å². The van der Waals surface area contributed by atoms with Gasteiger partial charge in [0.05, 0.1) is 7.11 Å². The predicted octanol–water partition coefficient (Wildman–Crippen LogP) is 1.09. The zero-order valence-corrected chi connectivity index (χ0v) is 7.77. The van der Waals surface area contributed by atoms with Crippen molar-refractivity contribution in [2.24, 2.45) is 5.73 Å². The lowest BCUT2D eigenvalue weighted by Crippen LogP contribution is -2.15. The fourth-order valence-corrected chi connectivity index (χ4v) is 0.927. The third-order valence-electron chi connectivity index (χ3n) is 1.51. The van der Waals surface area contributed by atoms with Gasteiger partial charge in [0.2, 0.25) is 5.76 Å². The molecule has 0 bridgehead atoms. The first-order valence-corrected chi connectivity index (χ1v) is 4.01. The molecule has 0 spiro atoms. The van der Waals surface area contributed by atoms with E-state index in [1.54, 1.807) is 0 Å². The lowest BCUT2D eigenvalue weighted by Gasteiger charge is -2.01. The Morgan fingerprint density at radius 1 is 1.36 bits per heavy atom. The quantitative estimate of drug-likeness (QED) is 0.337. The molecule has 0 unspecified atom stereocenters. The summed E-state index contributed by atoms with van der Waals surface area (Å²) in [6, 6.07) is 9.21. The van der Waals surface area contributed by atoms with Crippen molar-refractivity contribution in [1.29, 1.82) is 0 Å². The molecule has 4 heteroatoms. The maximum atomic E-state index is 10.8. The summed E-state index contributed by atoms with van der Waals surface area (Å²) >= 11 is 0. The zero-order valence-electron chi connectivity index (χ0n) is 7.77. The number of amides is 1. The van der Waals surface area contributed by atoms with Crippen molar-refractivity contribution in [2.75, 3.05) is 7.11 Å². The van der Waals surface area contributed by atoms with Crippen LogP contribution in [0, 0.1) is 0 Å². The third kappa shape index (κ3) is 2.91. The summed E-state index contributed by atoms with van der Waals surface area (Å²) in [6.07, 6.45) is 1.51. The molecule has 0 saturated carbocycles. The molecule has 0 aromatic heterocycles. The Morgan fingerprint density at radius 3 is 2.50 bits per heavy atom. The fraction of sp³-hybridized carbons (Fsp3) is 0.100. The van der Waals surface area contributed by atoms with Gasteiger partial charge >= 0.3 is 0 Å². The Bertz CT molecular complexity index is 332. The average Bonchev–Trinajstić information content (AvgIpc) is 2.18. The minimum atomic E-state index is -0.671. The molecular weight excluding hydrogens is 182 g/mol. The highest BCUT2D eigenvalue weighted by Gasteiger charge is 2.06. The standard InChI is InChI=1S/C10H11NO3/c1-13-14-9(10(11)12)7-8-5-3-2-4-6-8/h2-7H,1H3,(H2,11,12). The second-order valence-electron chi connectivity index (χ2n) is 2.53. The van der Waals surface area contributed by atoms with Crippen LogP contribution >= 0.6 is 0 Å². The van der Waals surface area contributed by atoms with Crippen LogP contribution in [-0.4, -0.2) is 13.0 Å². The van der Waals surface area contributed by atoms with Crippen LogP contribution < -0.4 is 5.73 Å².